The van der Waals surface area contributed by atoms with Crippen LogP contribution in [0.5, 0.6) is 5.75 Å². The molecule has 1 aromatic rings. The molecule has 20 heavy (non-hydrogen) atoms. The zero-order chi connectivity index (χ0) is 14.5. The summed E-state index contributed by atoms with van der Waals surface area (Å²) in [5.74, 6) is 0.761. The third kappa shape index (κ3) is 3.58. The van der Waals surface area contributed by atoms with Gasteiger partial charge in [-0.25, -0.2) is 0 Å². The van der Waals surface area contributed by atoms with Crippen molar-refractivity contribution in [2.75, 3.05) is 19.8 Å². The van der Waals surface area contributed by atoms with Gasteiger partial charge in [-0.15, -0.1) is 0 Å². The van der Waals surface area contributed by atoms with E-state index in [0.29, 0.717) is 18.8 Å². The molecule has 1 heterocycles. The van der Waals surface area contributed by atoms with Crippen molar-refractivity contribution >= 4 is 5.78 Å². The van der Waals surface area contributed by atoms with Gasteiger partial charge in [-0.05, 0) is 32.5 Å². The maximum atomic E-state index is 12.6. The molecule has 1 fully saturated rings. The monoisotopic (exact) mass is 277 g/mol. The van der Waals surface area contributed by atoms with Crippen molar-refractivity contribution < 1.29 is 14.3 Å². The molecule has 110 valence electrons. The van der Waals surface area contributed by atoms with Gasteiger partial charge in [-0.2, -0.15) is 0 Å². The fourth-order valence-electron chi connectivity index (χ4n) is 2.48. The largest absolute Gasteiger partial charge is 0.491 e. The second kappa shape index (κ2) is 6.86. The Labute approximate surface area is 120 Å². The van der Waals surface area contributed by atoms with Crippen LogP contribution in [0.1, 0.15) is 31.1 Å². The normalized spacial score (nSPS) is 22.2. The van der Waals surface area contributed by atoms with Gasteiger partial charge in [-0.1, -0.05) is 19.1 Å². The van der Waals surface area contributed by atoms with Gasteiger partial charge in [0.1, 0.15) is 5.75 Å². The van der Waals surface area contributed by atoms with Gasteiger partial charge >= 0.3 is 0 Å². The van der Waals surface area contributed by atoms with Gasteiger partial charge < -0.3 is 14.8 Å². The van der Waals surface area contributed by atoms with Crippen LogP contribution in [0.3, 0.4) is 0 Å². The van der Waals surface area contributed by atoms with Gasteiger partial charge in [0.25, 0.3) is 0 Å². The summed E-state index contributed by atoms with van der Waals surface area (Å²) in [6.07, 6.45) is 0.102. The predicted molar refractivity (Wildman–Crippen MR) is 78.3 cm³/mol. The minimum atomic E-state index is -0.107. The van der Waals surface area contributed by atoms with E-state index in [-0.39, 0.29) is 23.8 Å². The first-order valence-electron chi connectivity index (χ1n) is 7.24. The van der Waals surface area contributed by atoms with Gasteiger partial charge in [0, 0.05) is 11.6 Å². The second-order valence-electron chi connectivity index (χ2n) is 5.37. The van der Waals surface area contributed by atoms with E-state index >= 15 is 0 Å². The van der Waals surface area contributed by atoms with Crippen molar-refractivity contribution in [3.8, 4) is 5.75 Å². The van der Waals surface area contributed by atoms with E-state index in [9.17, 15) is 4.79 Å². The zero-order valence-electron chi connectivity index (χ0n) is 12.4. The van der Waals surface area contributed by atoms with Crippen molar-refractivity contribution in [3.05, 3.63) is 29.8 Å². The minimum absolute atomic E-state index is 0.102. The Morgan fingerprint density at radius 3 is 2.95 bits per heavy atom. The number of likely N-dealkylation sites (N-methyl/N-ethyl adjacent to an activating group) is 1. The van der Waals surface area contributed by atoms with Crippen LogP contribution in [0.15, 0.2) is 24.3 Å². The molecular formula is C16H23NO3. The van der Waals surface area contributed by atoms with Gasteiger partial charge in [0.2, 0.25) is 0 Å². The van der Waals surface area contributed by atoms with Crippen molar-refractivity contribution in [2.45, 2.75) is 32.9 Å². The SMILES string of the molecule is CCNC1COCC1C(=O)c1cccc(OC(C)C)c1. The molecule has 1 aromatic carbocycles. The Bertz CT molecular complexity index is 459. The molecule has 0 amide bonds. The van der Waals surface area contributed by atoms with Crippen molar-refractivity contribution in [2.24, 2.45) is 5.92 Å². The van der Waals surface area contributed by atoms with E-state index in [4.69, 9.17) is 9.47 Å². The molecule has 1 saturated heterocycles. The van der Waals surface area contributed by atoms with E-state index in [1.807, 2.05) is 45.0 Å². The first-order chi connectivity index (χ1) is 9.61. The lowest BCUT2D eigenvalue weighted by Crippen LogP contribution is -2.39. The van der Waals surface area contributed by atoms with E-state index < -0.39 is 0 Å². The molecule has 4 nitrogen and oxygen atoms in total. The summed E-state index contributed by atoms with van der Waals surface area (Å²) in [7, 11) is 0. The number of hydrogen-bond acceptors (Lipinski definition) is 4. The molecule has 0 radical (unpaired) electrons. The Kier molecular flexibility index (Phi) is 5.15. The third-order valence-electron chi connectivity index (χ3n) is 3.37. The average Bonchev–Trinajstić information content (AvgIpc) is 2.86. The summed E-state index contributed by atoms with van der Waals surface area (Å²) in [6.45, 7) is 7.92. The summed E-state index contributed by atoms with van der Waals surface area (Å²) in [5, 5.41) is 3.31. The summed E-state index contributed by atoms with van der Waals surface area (Å²) < 4.78 is 11.1. The molecule has 0 aliphatic carbocycles. The molecule has 2 atom stereocenters. The first-order valence-corrected chi connectivity index (χ1v) is 7.24. The maximum Gasteiger partial charge on any atom is 0.170 e. The predicted octanol–water partition coefficient (Wildman–Crippen LogP) is 2.28. The number of benzene rings is 1. The lowest BCUT2D eigenvalue weighted by molar-refractivity contribution is 0.0891. The van der Waals surface area contributed by atoms with Crippen LogP contribution in [0.4, 0.5) is 0 Å². The smallest absolute Gasteiger partial charge is 0.170 e. The highest BCUT2D eigenvalue weighted by molar-refractivity contribution is 5.98. The molecule has 1 aliphatic heterocycles. The number of carbonyl (C=O) groups is 1. The van der Waals surface area contributed by atoms with Crippen LogP contribution in [-0.2, 0) is 4.74 Å². The molecule has 0 saturated carbocycles. The number of carbonyl (C=O) groups excluding carboxylic acids is 1. The van der Waals surface area contributed by atoms with Crippen LogP contribution in [-0.4, -0.2) is 37.7 Å². The molecule has 0 spiro atoms. The number of nitrogens with one attached hydrogen (secondary N) is 1. The van der Waals surface area contributed by atoms with E-state index in [1.54, 1.807) is 0 Å². The Balaban J connectivity index is 2.12. The maximum absolute atomic E-state index is 12.6. The topological polar surface area (TPSA) is 47.6 Å². The van der Waals surface area contributed by atoms with Crippen molar-refractivity contribution in [3.63, 3.8) is 0 Å². The zero-order valence-corrected chi connectivity index (χ0v) is 12.4. The lowest BCUT2D eigenvalue weighted by atomic mass is 9.93. The standard InChI is InChI=1S/C16H23NO3/c1-4-17-15-10-19-9-14(15)16(18)12-6-5-7-13(8-12)20-11(2)3/h5-8,11,14-15,17H,4,9-10H2,1-3H3. The fourth-order valence-corrected chi connectivity index (χ4v) is 2.48. The van der Waals surface area contributed by atoms with Crippen LogP contribution in [0.25, 0.3) is 0 Å². The molecule has 2 rings (SSSR count). The Morgan fingerprint density at radius 2 is 2.25 bits per heavy atom. The fraction of sp³-hybridized carbons (Fsp3) is 0.562. The van der Waals surface area contributed by atoms with Crippen molar-refractivity contribution in [1.82, 2.24) is 5.32 Å². The highest BCUT2D eigenvalue weighted by Gasteiger charge is 2.33. The second-order valence-corrected chi connectivity index (χ2v) is 5.37. The highest BCUT2D eigenvalue weighted by Crippen LogP contribution is 2.22. The molecular weight excluding hydrogens is 254 g/mol. The lowest BCUT2D eigenvalue weighted by Gasteiger charge is -2.17. The minimum Gasteiger partial charge on any atom is -0.491 e. The first kappa shape index (κ1) is 15.0. The van der Waals surface area contributed by atoms with Gasteiger partial charge in [0.15, 0.2) is 5.78 Å². The van der Waals surface area contributed by atoms with Crippen LogP contribution < -0.4 is 10.1 Å². The molecule has 4 heteroatoms. The summed E-state index contributed by atoms with van der Waals surface area (Å²) in [5.41, 5.74) is 0.696. The van der Waals surface area contributed by atoms with Crippen LogP contribution in [0, 0.1) is 5.92 Å². The number of Topliss-reactive ketones (excluding diaryl/α,β-unsaturated/α-hetero) is 1. The Morgan fingerprint density at radius 1 is 1.45 bits per heavy atom. The van der Waals surface area contributed by atoms with E-state index in [2.05, 4.69) is 5.32 Å². The van der Waals surface area contributed by atoms with Crippen LogP contribution >= 0.6 is 0 Å². The van der Waals surface area contributed by atoms with E-state index in [1.165, 1.54) is 0 Å². The average molecular weight is 277 g/mol. The van der Waals surface area contributed by atoms with Crippen molar-refractivity contribution in [1.29, 1.82) is 0 Å². The van der Waals surface area contributed by atoms with Gasteiger partial charge in [0.05, 0.1) is 25.2 Å². The molecule has 0 aromatic heterocycles. The summed E-state index contributed by atoms with van der Waals surface area (Å²) in [4.78, 5) is 12.6. The van der Waals surface area contributed by atoms with Crippen LogP contribution in [0.2, 0.25) is 0 Å². The molecule has 2 unspecified atom stereocenters. The molecule has 0 bridgehead atoms. The number of ketones is 1. The molecule has 1 N–H and O–H groups in total. The number of hydrogen-bond donors (Lipinski definition) is 1. The van der Waals surface area contributed by atoms with Gasteiger partial charge in [-0.3, -0.25) is 4.79 Å². The number of rotatable bonds is 6. The highest BCUT2D eigenvalue weighted by atomic mass is 16.5. The third-order valence-corrected chi connectivity index (χ3v) is 3.37. The summed E-state index contributed by atoms with van der Waals surface area (Å²) >= 11 is 0. The Hall–Kier alpha value is -1.39. The quantitative estimate of drug-likeness (QED) is 0.810. The summed E-state index contributed by atoms with van der Waals surface area (Å²) in [6, 6.07) is 7.52. The molecule has 1 aliphatic rings. The van der Waals surface area contributed by atoms with E-state index in [0.717, 1.165) is 12.3 Å². The number of ether oxygens (including phenoxy) is 2.